The molecule has 1 saturated heterocycles. The molecule has 1 atom stereocenters. The van der Waals surface area contributed by atoms with Crippen molar-refractivity contribution in [2.45, 2.75) is 63.5 Å². The van der Waals surface area contributed by atoms with Crippen LogP contribution in [0.3, 0.4) is 0 Å². The molecule has 0 bridgehead atoms. The number of ether oxygens (including phenoxy) is 1. The summed E-state index contributed by atoms with van der Waals surface area (Å²) in [7, 11) is 0. The number of anilines is 1. The largest absolute Gasteiger partial charge is 0.492 e. The van der Waals surface area contributed by atoms with E-state index in [-0.39, 0.29) is 6.03 Å². The van der Waals surface area contributed by atoms with E-state index in [1.54, 1.807) is 4.90 Å². The highest BCUT2D eigenvalue weighted by molar-refractivity contribution is 5.82. The number of aryl methyl sites for hydroxylation is 2. The Hall–Kier alpha value is -3.37. The molecule has 4 rings (SSSR count). The van der Waals surface area contributed by atoms with Gasteiger partial charge < -0.3 is 30.5 Å². The van der Waals surface area contributed by atoms with Crippen LogP contribution in [0.4, 0.5) is 10.6 Å². The van der Waals surface area contributed by atoms with E-state index >= 15 is 0 Å². The first kappa shape index (κ1) is 29.6. The highest BCUT2D eigenvalue weighted by atomic mass is 16.5. The predicted molar refractivity (Wildman–Crippen MR) is 154 cm³/mol. The Labute approximate surface area is 236 Å². The zero-order valence-corrected chi connectivity index (χ0v) is 23.3. The molecule has 218 valence electrons. The molecule has 1 fully saturated rings. The number of nitrogens with one attached hydrogen (secondary N) is 2. The van der Waals surface area contributed by atoms with Gasteiger partial charge in [-0.2, -0.15) is 0 Å². The number of rotatable bonds is 14. The van der Waals surface area contributed by atoms with Crippen molar-refractivity contribution in [3.63, 3.8) is 0 Å². The number of carbonyl (C=O) groups excluding carboxylic acids is 1. The number of hydrogen-bond acceptors (Lipinski definition) is 7. The lowest BCUT2D eigenvalue weighted by atomic mass is 10.1. The molecule has 2 aliphatic heterocycles. The van der Waals surface area contributed by atoms with Gasteiger partial charge in [0.05, 0.1) is 6.10 Å². The van der Waals surface area contributed by atoms with Crippen molar-refractivity contribution in [1.29, 1.82) is 0 Å². The predicted octanol–water partition coefficient (Wildman–Crippen LogP) is 3.15. The molecule has 40 heavy (non-hydrogen) atoms. The van der Waals surface area contributed by atoms with E-state index in [0.717, 1.165) is 62.5 Å². The lowest BCUT2D eigenvalue weighted by Crippen LogP contribution is -2.51. The van der Waals surface area contributed by atoms with Crippen LogP contribution in [0.5, 0.6) is 5.75 Å². The number of aliphatic carboxylic acids is 1. The van der Waals surface area contributed by atoms with Gasteiger partial charge in [0.25, 0.3) is 0 Å². The van der Waals surface area contributed by atoms with E-state index in [9.17, 15) is 19.8 Å². The number of aliphatic hydroxyl groups excluding tert-OH is 1. The zero-order chi connectivity index (χ0) is 28.2. The first-order valence-electron chi connectivity index (χ1n) is 14.6. The first-order valence-corrected chi connectivity index (χ1v) is 14.6. The Morgan fingerprint density at radius 3 is 2.67 bits per heavy atom. The average molecular weight is 554 g/mol. The van der Waals surface area contributed by atoms with Crippen LogP contribution < -0.4 is 15.4 Å². The van der Waals surface area contributed by atoms with Crippen LogP contribution in [0.1, 0.15) is 49.8 Å². The molecular weight excluding hydrogens is 510 g/mol. The first-order chi connectivity index (χ1) is 19.5. The number of nitrogens with zero attached hydrogens (tertiary/aromatic N) is 3. The number of carboxylic acid groups (broad SMARTS) is 1. The second-order valence-electron chi connectivity index (χ2n) is 10.6. The topological polar surface area (TPSA) is 127 Å². The summed E-state index contributed by atoms with van der Waals surface area (Å²) in [6.07, 6.45) is 5.95. The third kappa shape index (κ3) is 9.38. The van der Waals surface area contributed by atoms with Crippen molar-refractivity contribution in [3.8, 4) is 5.75 Å². The number of aromatic nitrogens is 1. The Morgan fingerprint density at radius 1 is 1.10 bits per heavy atom. The number of likely N-dealkylation sites (tertiary alicyclic amines) is 1. The summed E-state index contributed by atoms with van der Waals surface area (Å²) in [5, 5.41) is 25.6. The van der Waals surface area contributed by atoms with Crippen molar-refractivity contribution in [2.24, 2.45) is 0 Å². The van der Waals surface area contributed by atoms with Crippen LogP contribution >= 0.6 is 0 Å². The third-order valence-corrected chi connectivity index (χ3v) is 7.61. The van der Waals surface area contributed by atoms with Crippen LogP contribution in [-0.2, 0) is 17.6 Å². The van der Waals surface area contributed by atoms with Crippen LogP contribution in [0.15, 0.2) is 42.5 Å². The van der Waals surface area contributed by atoms with Crippen molar-refractivity contribution >= 4 is 17.8 Å². The molecule has 2 aromatic rings. The van der Waals surface area contributed by atoms with Crippen LogP contribution in [0, 0.1) is 0 Å². The van der Waals surface area contributed by atoms with Gasteiger partial charge in [0.2, 0.25) is 0 Å². The van der Waals surface area contributed by atoms with Crippen LogP contribution in [0.2, 0.25) is 0 Å². The third-order valence-electron chi connectivity index (χ3n) is 7.61. The van der Waals surface area contributed by atoms with Crippen molar-refractivity contribution in [1.82, 2.24) is 20.1 Å². The number of urea groups is 1. The minimum atomic E-state index is -1.04. The number of para-hydroxylation sites is 1. The summed E-state index contributed by atoms with van der Waals surface area (Å²) in [4.78, 5) is 33.2. The maximum absolute atomic E-state index is 12.7. The van der Waals surface area contributed by atoms with Gasteiger partial charge in [-0.15, -0.1) is 0 Å². The van der Waals surface area contributed by atoms with E-state index in [0.29, 0.717) is 52.0 Å². The maximum atomic E-state index is 12.7. The maximum Gasteiger partial charge on any atom is 0.326 e. The fourth-order valence-corrected chi connectivity index (χ4v) is 5.17. The number of aliphatic hydroxyl groups is 1. The smallest absolute Gasteiger partial charge is 0.326 e. The van der Waals surface area contributed by atoms with Gasteiger partial charge in [-0.3, -0.25) is 4.90 Å². The number of pyridine rings is 1. The second kappa shape index (κ2) is 15.4. The summed E-state index contributed by atoms with van der Waals surface area (Å²) >= 11 is 0. The van der Waals surface area contributed by atoms with E-state index in [1.165, 1.54) is 5.56 Å². The van der Waals surface area contributed by atoms with Gasteiger partial charge >= 0.3 is 12.0 Å². The Bertz CT molecular complexity index is 1080. The van der Waals surface area contributed by atoms with Crippen LogP contribution in [-0.4, -0.2) is 95.0 Å². The molecule has 2 amide bonds. The normalized spacial score (nSPS) is 16.2. The summed E-state index contributed by atoms with van der Waals surface area (Å²) in [6, 6.07) is 12.6. The molecule has 0 saturated carbocycles. The standard InChI is InChI=1S/C30H43N5O5/c36-25-13-19-35(20-14-25)30(39)33-27(29(37)38)15-18-34(21-22-40-26-9-2-1-3-10-26)17-5-4-8-24-12-11-23-7-6-16-31-28(23)32-24/h1-3,9-12,25,27,36H,4-8,13-22H2,(H,31,32)(H,33,39)(H,37,38)/t27-/m0/s1. The molecule has 1 aromatic carbocycles. The second-order valence-corrected chi connectivity index (χ2v) is 10.6. The van der Waals surface area contributed by atoms with Gasteiger partial charge in [-0.1, -0.05) is 24.3 Å². The van der Waals surface area contributed by atoms with E-state index in [1.807, 2.05) is 30.3 Å². The Balaban J connectivity index is 1.27. The van der Waals surface area contributed by atoms with Gasteiger partial charge in [0, 0.05) is 38.4 Å². The lowest BCUT2D eigenvalue weighted by molar-refractivity contribution is -0.139. The molecule has 4 N–H and O–H groups in total. The van der Waals surface area contributed by atoms with Gasteiger partial charge in [-0.05, 0) is 81.7 Å². The number of benzene rings is 1. The summed E-state index contributed by atoms with van der Waals surface area (Å²) < 4.78 is 5.90. The van der Waals surface area contributed by atoms with E-state index < -0.39 is 18.1 Å². The fraction of sp³-hybridized carbons (Fsp3) is 0.567. The molecule has 0 spiro atoms. The minimum absolute atomic E-state index is 0.293. The van der Waals surface area contributed by atoms with Gasteiger partial charge in [0.1, 0.15) is 24.2 Å². The number of unbranched alkanes of at least 4 members (excludes halogenated alkanes) is 1. The molecule has 10 nitrogen and oxygen atoms in total. The lowest BCUT2D eigenvalue weighted by Gasteiger charge is -2.31. The number of piperidine rings is 1. The van der Waals surface area contributed by atoms with Gasteiger partial charge in [-0.25, -0.2) is 14.6 Å². The zero-order valence-electron chi connectivity index (χ0n) is 23.3. The van der Waals surface area contributed by atoms with Crippen molar-refractivity contribution in [2.75, 3.05) is 51.2 Å². The number of hydrogen-bond donors (Lipinski definition) is 4. The Kier molecular flexibility index (Phi) is 11.4. The number of carbonyl (C=O) groups is 2. The summed E-state index contributed by atoms with van der Waals surface area (Å²) in [5.74, 6) is 0.778. The van der Waals surface area contributed by atoms with Crippen LogP contribution in [0.25, 0.3) is 0 Å². The highest BCUT2D eigenvalue weighted by Crippen LogP contribution is 2.20. The van der Waals surface area contributed by atoms with E-state index in [4.69, 9.17) is 9.72 Å². The summed E-state index contributed by atoms with van der Waals surface area (Å²) in [5.41, 5.74) is 2.38. The quantitative estimate of drug-likeness (QED) is 0.263. The minimum Gasteiger partial charge on any atom is -0.492 e. The molecule has 10 heteroatoms. The molecule has 0 unspecified atom stereocenters. The van der Waals surface area contributed by atoms with E-state index in [2.05, 4.69) is 27.7 Å². The number of amides is 2. The summed E-state index contributed by atoms with van der Waals surface area (Å²) in [6.45, 7) is 4.29. The molecule has 1 aromatic heterocycles. The monoisotopic (exact) mass is 553 g/mol. The number of carboxylic acids is 1. The molecule has 0 aliphatic carbocycles. The van der Waals surface area contributed by atoms with Gasteiger partial charge in [0.15, 0.2) is 0 Å². The van der Waals surface area contributed by atoms with Crippen molar-refractivity contribution < 1.29 is 24.5 Å². The number of fused-ring (bicyclic) bond motifs is 1. The Morgan fingerprint density at radius 2 is 1.90 bits per heavy atom. The molecule has 3 heterocycles. The SMILES string of the molecule is O=C(O)[C@H](CCN(CCCCc1ccc2c(n1)NCCC2)CCOc1ccccc1)NC(=O)N1CCC(O)CC1. The van der Waals surface area contributed by atoms with Crippen molar-refractivity contribution in [3.05, 3.63) is 53.7 Å². The average Bonchev–Trinajstić information content (AvgIpc) is 2.97. The molecule has 2 aliphatic rings. The fourth-order valence-electron chi connectivity index (χ4n) is 5.17. The molecular formula is C30H43N5O5. The molecule has 0 radical (unpaired) electrons. The highest BCUT2D eigenvalue weighted by Gasteiger charge is 2.26.